The fraction of sp³-hybridized carbons (Fsp3) is 0.467. The molecule has 5 atom stereocenters. The minimum Gasteiger partial charge on any atom is -0.507 e. The van der Waals surface area contributed by atoms with Crippen molar-refractivity contribution in [3.63, 3.8) is 0 Å². The number of aromatic hydroxyl groups is 2. The highest BCUT2D eigenvalue weighted by atomic mass is 19.4. The molecule has 5 rings (SSSR count). The van der Waals surface area contributed by atoms with Crippen molar-refractivity contribution in [3.8, 4) is 17.2 Å². The van der Waals surface area contributed by atoms with E-state index < -0.39 is 101 Å². The Morgan fingerprint density at radius 2 is 1.76 bits per heavy atom. The van der Waals surface area contributed by atoms with Crippen LogP contribution >= 0.6 is 0 Å². The summed E-state index contributed by atoms with van der Waals surface area (Å²) in [6.07, 6.45) is -10.2. The van der Waals surface area contributed by atoms with Crippen LogP contribution in [-0.4, -0.2) is 89.1 Å². The SMILES string of the molecule is COc1cccc2c1C(=O)c1c(O)c3c(c(O)c1C2=O)CC(O)(C(C)=O)C[C@@H]3OC1CC(NC(=O)C(F)(F)F)COCC(C)O1. The van der Waals surface area contributed by atoms with Gasteiger partial charge in [-0.3, -0.25) is 19.2 Å². The second kappa shape index (κ2) is 11.7. The van der Waals surface area contributed by atoms with Crippen LogP contribution in [0.1, 0.15) is 75.8 Å². The summed E-state index contributed by atoms with van der Waals surface area (Å²) < 4.78 is 61.4. The number of hydrogen-bond donors (Lipinski definition) is 4. The number of alkyl halides is 3. The lowest BCUT2D eigenvalue weighted by atomic mass is 9.72. The number of phenols is 2. The lowest BCUT2D eigenvalue weighted by molar-refractivity contribution is -0.227. The average Bonchev–Trinajstić information content (AvgIpc) is 2.95. The zero-order chi connectivity index (χ0) is 33.0. The standard InChI is InChI=1S/C30H30F3NO11/c1-12-10-43-11-14(34-28(40)30(31,32)33)7-19(44-12)45-18-9-29(41,13(2)35)8-16-21(18)27(39)23-22(25(16)37)24(36)15-5-4-6-17(42-3)20(15)26(23)38/h4-6,12,14,18-19,37,39,41H,7-11H2,1-3H3,(H,34,40)/t12?,14?,18-,19?,29?/m0/s1. The Hall–Kier alpha value is -4.05. The molecule has 15 heteroatoms. The number of rotatable bonds is 5. The highest BCUT2D eigenvalue weighted by Gasteiger charge is 2.49. The van der Waals surface area contributed by atoms with Gasteiger partial charge in [0, 0.05) is 36.0 Å². The number of amides is 1. The van der Waals surface area contributed by atoms with Crippen molar-refractivity contribution in [1.82, 2.24) is 5.32 Å². The van der Waals surface area contributed by atoms with E-state index in [2.05, 4.69) is 0 Å². The Balaban J connectivity index is 1.61. The first-order chi connectivity index (χ1) is 21.1. The maximum atomic E-state index is 13.8. The van der Waals surface area contributed by atoms with Gasteiger partial charge >= 0.3 is 12.1 Å². The molecule has 0 bridgehead atoms. The minimum atomic E-state index is -5.18. The largest absolute Gasteiger partial charge is 0.507 e. The van der Waals surface area contributed by atoms with Gasteiger partial charge in [-0.25, -0.2) is 0 Å². The van der Waals surface area contributed by atoms with Crippen LogP contribution in [0.2, 0.25) is 0 Å². The zero-order valence-electron chi connectivity index (χ0n) is 24.3. The number of hydrogen-bond acceptors (Lipinski definition) is 11. The summed E-state index contributed by atoms with van der Waals surface area (Å²) in [6, 6.07) is 3.00. The number of carbonyl (C=O) groups excluding carboxylic acids is 4. The maximum Gasteiger partial charge on any atom is 0.471 e. The molecule has 2 aromatic rings. The molecule has 0 aromatic heterocycles. The fourth-order valence-corrected chi connectivity index (χ4v) is 5.97. The molecule has 1 saturated heterocycles. The molecular weight excluding hydrogens is 607 g/mol. The summed E-state index contributed by atoms with van der Waals surface area (Å²) in [7, 11) is 1.28. The van der Waals surface area contributed by atoms with Crippen LogP contribution in [-0.2, 0) is 30.2 Å². The van der Waals surface area contributed by atoms with Gasteiger partial charge in [0.2, 0.25) is 5.78 Å². The number of phenolic OH excluding ortho intramolecular Hbond substituents is 2. The first-order valence-corrected chi connectivity index (χ1v) is 13.9. The number of benzene rings is 2. The van der Waals surface area contributed by atoms with Crippen molar-refractivity contribution in [2.75, 3.05) is 20.3 Å². The number of carbonyl (C=O) groups is 4. The van der Waals surface area contributed by atoms with E-state index in [1.807, 2.05) is 5.32 Å². The molecule has 4 unspecified atom stereocenters. The van der Waals surface area contributed by atoms with E-state index in [4.69, 9.17) is 18.9 Å². The van der Waals surface area contributed by atoms with E-state index >= 15 is 0 Å². The van der Waals surface area contributed by atoms with Gasteiger partial charge in [-0.05, 0) is 19.9 Å². The van der Waals surface area contributed by atoms with Crippen molar-refractivity contribution in [2.45, 2.75) is 69.4 Å². The van der Waals surface area contributed by atoms with Gasteiger partial charge in [0.25, 0.3) is 0 Å². The van der Waals surface area contributed by atoms with Gasteiger partial charge in [-0.15, -0.1) is 0 Å². The van der Waals surface area contributed by atoms with E-state index in [0.29, 0.717) is 0 Å². The third kappa shape index (κ3) is 5.76. The minimum absolute atomic E-state index is 0.0398. The highest BCUT2D eigenvalue weighted by Crippen LogP contribution is 2.52. The number of nitrogens with one attached hydrogen (secondary N) is 1. The van der Waals surface area contributed by atoms with Crippen LogP contribution in [0.25, 0.3) is 0 Å². The Bertz CT molecular complexity index is 1590. The predicted octanol–water partition coefficient (Wildman–Crippen LogP) is 2.40. The second-order valence-corrected chi connectivity index (χ2v) is 11.3. The van der Waals surface area contributed by atoms with Crippen LogP contribution in [0.5, 0.6) is 17.2 Å². The molecule has 3 aliphatic rings. The monoisotopic (exact) mass is 637 g/mol. The number of ether oxygens (including phenoxy) is 4. The number of Topliss-reactive ketones (excluding diaryl/α,β-unsaturated/α-hetero) is 1. The van der Waals surface area contributed by atoms with Gasteiger partial charge in [-0.2, -0.15) is 13.2 Å². The van der Waals surface area contributed by atoms with Crippen molar-refractivity contribution in [1.29, 1.82) is 0 Å². The van der Waals surface area contributed by atoms with Crippen LogP contribution in [0.15, 0.2) is 18.2 Å². The molecule has 0 radical (unpaired) electrons. The third-order valence-electron chi connectivity index (χ3n) is 8.17. The van der Waals surface area contributed by atoms with E-state index in [0.717, 1.165) is 6.92 Å². The summed E-state index contributed by atoms with van der Waals surface area (Å²) in [5.41, 5.74) is -3.98. The number of ketones is 3. The molecule has 2 aliphatic carbocycles. The average molecular weight is 638 g/mol. The number of aliphatic hydroxyl groups is 1. The molecule has 4 N–H and O–H groups in total. The van der Waals surface area contributed by atoms with Crippen LogP contribution < -0.4 is 10.1 Å². The van der Waals surface area contributed by atoms with Crippen molar-refractivity contribution in [3.05, 3.63) is 51.6 Å². The summed E-state index contributed by atoms with van der Waals surface area (Å²) in [5.74, 6) is -6.10. The Labute approximate surface area is 254 Å². The quantitative estimate of drug-likeness (QED) is 0.302. The van der Waals surface area contributed by atoms with Gasteiger partial charge in [0.1, 0.15) is 22.8 Å². The van der Waals surface area contributed by atoms with E-state index in [-0.39, 0.29) is 41.2 Å². The molecule has 2 aromatic carbocycles. The normalized spacial score (nSPS) is 26.6. The van der Waals surface area contributed by atoms with Crippen LogP contribution in [0, 0.1) is 0 Å². The summed E-state index contributed by atoms with van der Waals surface area (Å²) in [4.78, 5) is 51.6. The lowest BCUT2D eigenvalue weighted by Crippen LogP contribution is -2.49. The second-order valence-electron chi connectivity index (χ2n) is 11.3. The molecule has 0 saturated carbocycles. The number of fused-ring (bicyclic) bond motifs is 3. The number of methoxy groups -OCH3 is 1. The van der Waals surface area contributed by atoms with Gasteiger partial charge in [0.15, 0.2) is 17.9 Å². The highest BCUT2D eigenvalue weighted by molar-refractivity contribution is 6.31. The zero-order valence-corrected chi connectivity index (χ0v) is 24.3. The fourth-order valence-electron chi connectivity index (χ4n) is 5.97. The molecule has 0 spiro atoms. The van der Waals surface area contributed by atoms with Crippen LogP contribution in [0.3, 0.4) is 0 Å². The molecule has 45 heavy (non-hydrogen) atoms. The van der Waals surface area contributed by atoms with Crippen molar-refractivity contribution in [2.24, 2.45) is 0 Å². The van der Waals surface area contributed by atoms with Crippen molar-refractivity contribution < 1.29 is 66.6 Å². The van der Waals surface area contributed by atoms with Gasteiger partial charge in [-0.1, -0.05) is 12.1 Å². The Kier molecular flexibility index (Phi) is 8.42. The first kappa shape index (κ1) is 32.3. The molecule has 1 heterocycles. The smallest absolute Gasteiger partial charge is 0.471 e. The molecule has 1 aliphatic heterocycles. The third-order valence-corrected chi connectivity index (χ3v) is 8.17. The van der Waals surface area contributed by atoms with Crippen LogP contribution in [0.4, 0.5) is 13.2 Å². The lowest BCUT2D eigenvalue weighted by Gasteiger charge is -2.40. The maximum absolute atomic E-state index is 13.8. The number of halogens is 3. The van der Waals surface area contributed by atoms with E-state index in [9.17, 15) is 47.7 Å². The van der Waals surface area contributed by atoms with Gasteiger partial charge < -0.3 is 39.6 Å². The molecule has 1 fully saturated rings. The van der Waals surface area contributed by atoms with Gasteiger partial charge in [0.05, 0.1) is 55.3 Å². The topological polar surface area (TPSA) is 178 Å². The first-order valence-electron chi connectivity index (χ1n) is 13.9. The summed E-state index contributed by atoms with van der Waals surface area (Å²) in [6.45, 7) is 2.25. The summed E-state index contributed by atoms with van der Waals surface area (Å²) >= 11 is 0. The molecule has 12 nitrogen and oxygen atoms in total. The summed E-state index contributed by atoms with van der Waals surface area (Å²) in [5, 5.41) is 36.2. The Morgan fingerprint density at radius 1 is 1.07 bits per heavy atom. The Morgan fingerprint density at radius 3 is 2.40 bits per heavy atom. The molecule has 1 amide bonds. The molecule has 242 valence electrons. The van der Waals surface area contributed by atoms with Crippen molar-refractivity contribution >= 4 is 23.3 Å². The molecular formula is C30H30F3NO11. The van der Waals surface area contributed by atoms with E-state index in [1.165, 1.54) is 25.3 Å². The predicted molar refractivity (Wildman–Crippen MR) is 145 cm³/mol. The van der Waals surface area contributed by atoms with E-state index in [1.54, 1.807) is 6.92 Å².